The smallest absolute Gasteiger partial charge is 0.249 e. The normalized spacial score (nSPS) is 15.2. The zero-order chi connectivity index (χ0) is 21.3. The van der Waals surface area contributed by atoms with Gasteiger partial charge in [-0.2, -0.15) is 5.10 Å². The van der Waals surface area contributed by atoms with Gasteiger partial charge in [0, 0.05) is 11.6 Å². The fraction of sp³-hybridized carbons (Fsp3) is 0.190. The van der Waals surface area contributed by atoms with Gasteiger partial charge in [-0.3, -0.25) is 9.59 Å². The molecule has 4 rings (SSSR count). The summed E-state index contributed by atoms with van der Waals surface area (Å²) in [6.45, 7) is 0. The number of fused-ring (bicyclic) bond motifs is 1. The number of rotatable bonds is 5. The summed E-state index contributed by atoms with van der Waals surface area (Å²) in [5.74, 6) is 1.07. The number of carbonyl (C=O) groups excluding carboxylic acids is 2. The molecular formula is C21H19ClN4O4. The summed E-state index contributed by atoms with van der Waals surface area (Å²) in [7, 11) is 3.12. The molecule has 1 aliphatic rings. The molecule has 0 saturated heterocycles. The maximum absolute atomic E-state index is 13.0. The van der Waals surface area contributed by atoms with E-state index < -0.39 is 11.9 Å². The van der Waals surface area contributed by atoms with Crippen molar-refractivity contribution in [2.75, 3.05) is 24.9 Å². The molecule has 0 saturated carbocycles. The molecule has 2 N–H and O–H groups in total. The second-order valence-electron chi connectivity index (χ2n) is 6.68. The molecule has 154 valence electrons. The Labute approximate surface area is 177 Å². The highest BCUT2D eigenvalue weighted by molar-refractivity contribution is 6.33. The highest BCUT2D eigenvalue weighted by Crippen LogP contribution is 2.35. The first-order valence-electron chi connectivity index (χ1n) is 9.16. The van der Waals surface area contributed by atoms with Crippen molar-refractivity contribution in [3.05, 3.63) is 53.7 Å². The van der Waals surface area contributed by atoms with Crippen molar-refractivity contribution in [3.8, 4) is 22.6 Å². The first-order chi connectivity index (χ1) is 14.5. The fourth-order valence-corrected chi connectivity index (χ4v) is 3.46. The van der Waals surface area contributed by atoms with Crippen LogP contribution in [0.25, 0.3) is 11.1 Å². The van der Waals surface area contributed by atoms with Crippen molar-refractivity contribution in [3.63, 3.8) is 0 Å². The number of ether oxygens (including phenoxy) is 2. The summed E-state index contributed by atoms with van der Waals surface area (Å²) >= 11 is 6.19. The second-order valence-corrected chi connectivity index (χ2v) is 7.09. The monoisotopic (exact) mass is 426 g/mol. The van der Waals surface area contributed by atoms with Gasteiger partial charge in [0.05, 0.1) is 37.5 Å². The predicted molar refractivity (Wildman–Crippen MR) is 113 cm³/mol. The van der Waals surface area contributed by atoms with Crippen molar-refractivity contribution in [1.82, 2.24) is 9.78 Å². The number of anilines is 2. The third-order valence-corrected chi connectivity index (χ3v) is 5.19. The molecule has 0 radical (unpaired) electrons. The molecule has 0 aliphatic carbocycles. The van der Waals surface area contributed by atoms with Gasteiger partial charge in [0.1, 0.15) is 23.4 Å². The van der Waals surface area contributed by atoms with E-state index >= 15 is 0 Å². The molecule has 0 bridgehead atoms. The van der Waals surface area contributed by atoms with E-state index in [1.54, 1.807) is 31.5 Å². The lowest BCUT2D eigenvalue weighted by atomic mass is 10.1. The van der Waals surface area contributed by atoms with Crippen LogP contribution in [0.15, 0.2) is 48.7 Å². The molecule has 1 aliphatic heterocycles. The molecule has 8 nitrogen and oxygen atoms in total. The van der Waals surface area contributed by atoms with E-state index in [0.29, 0.717) is 27.8 Å². The minimum absolute atomic E-state index is 0.0375. The average Bonchev–Trinajstić information content (AvgIpc) is 3.18. The molecule has 0 spiro atoms. The van der Waals surface area contributed by atoms with Gasteiger partial charge in [0.25, 0.3) is 0 Å². The molecule has 2 heterocycles. The highest BCUT2D eigenvalue weighted by Gasteiger charge is 2.33. The van der Waals surface area contributed by atoms with Crippen LogP contribution in [0.2, 0.25) is 5.02 Å². The zero-order valence-electron chi connectivity index (χ0n) is 16.3. The second kappa shape index (κ2) is 8.08. The van der Waals surface area contributed by atoms with Crippen molar-refractivity contribution in [1.29, 1.82) is 0 Å². The van der Waals surface area contributed by atoms with E-state index in [1.165, 1.54) is 11.8 Å². The lowest BCUT2D eigenvalue weighted by molar-refractivity contribution is -0.125. The van der Waals surface area contributed by atoms with Crippen LogP contribution in [0.5, 0.6) is 11.5 Å². The van der Waals surface area contributed by atoms with Crippen molar-refractivity contribution >= 4 is 34.9 Å². The van der Waals surface area contributed by atoms with Crippen LogP contribution in [0.3, 0.4) is 0 Å². The van der Waals surface area contributed by atoms with E-state index in [1.807, 2.05) is 24.3 Å². The lowest BCUT2D eigenvalue weighted by Crippen LogP contribution is -2.35. The molecule has 9 heteroatoms. The van der Waals surface area contributed by atoms with Crippen LogP contribution in [0, 0.1) is 0 Å². The highest BCUT2D eigenvalue weighted by atomic mass is 35.5. The number of methoxy groups -OCH3 is 2. The van der Waals surface area contributed by atoms with Gasteiger partial charge in [-0.15, -0.1) is 0 Å². The maximum atomic E-state index is 13.0. The number of aromatic nitrogens is 2. The van der Waals surface area contributed by atoms with E-state index in [-0.39, 0.29) is 12.3 Å². The topological polar surface area (TPSA) is 94.5 Å². The van der Waals surface area contributed by atoms with Gasteiger partial charge in [-0.1, -0.05) is 23.7 Å². The quantitative estimate of drug-likeness (QED) is 0.648. The van der Waals surface area contributed by atoms with Gasteiger partial charge in [-0.05, 0) is 29.8 Å². The molecule has 0 fully saturated rings. The summed E-state index contributed by atoms with van der Waals surface area (Å²) < 4.78 is 11.9. The third-order valence-electron chi connectivity index (χ3n) is 4.86. The molecule has 1 atom stereocenters. The summed E-state index contributed by atoms with van der Waals surface area (Å²) in [4.78, 5) is 25.3. The summed E-state index contributed by atoms with van der Waals surface area (Å²) in [5, 5.41) is 10.3. The maximum Gasteiger partial charge on any atom is 0.249 e. The molecule has 2 aromatic carbocycles. The number of nitrogens with one attached hydrogen (secondary N) is 2. The first-order valence-corrected chi connectivity index (χ1v) is 9.54. The van der Waals surface area contributed by atoms with Crippen LogP contribution < -0.4 is 20.1 Å². The van der Waals surface area contributed by atoms with Crippen LogP contribution >= 0.6 is 11.6 Å². The Morgan fingerprint density at radius 2 is 1.87 bits per heavy atom. The van der Waals surface area contributed by atoms with Crippen molar-refractivity contribution in [2.45, 2.75) is 12.5 Å². The number of halogens is 1. The minimum atomic E-state index is -0.817. The number of carbonyl (C=O) groups is 2. The Hall–Kier alpha value is -3.52. The van der Waals surface area contributed by atoms with Crippen LogP contribution in [0.1, 0.15) is 12.5 Å². The largest absolute Gasteiger partial charge is 0.497 e. The van der Waals surface area contributed by atoms with Gasteiger partial charge in [0.15, 0.2) is 0 Å². The first kappa shape index (κ1) is 19.8. The molecule has 1 aromatic heterocycles. The van der Waals surface area contributed by atoms with E-state index in [2.05, 4.69) is 15.7 Å². The SMILES string of the molecule is COc1ccc(-c2cnn3c2NC(=O)C[C@H]3C(=O)Nc2cc(OC)ccc2Cl)cc1. The number of nitrogens with zero attached hydrogens (tertiary/aromatic N) is 2. The standard InChI is InChI=1S/C21H19ClN4O4/c1-29-13-5-3-12(4-6-13)15-11-23-26-18(10-19(27)25-20(15)26)21(28)24-17-9-14(30-2)7-8-16(17)22/h3-9,11,18H,10H2,1-2H3,(H,24,28)(H,25,27)/t18-/m0/s1. The Kier molecular flexibility index (Phi) is 5.33. The van der Waals surface area contributed by atoms with Crippen molar-refractivity contribution < 1.29 is 19.1 Å². The predicted octanol–water partition coefficient (Wildman–Crippen LogP) is 3.74. The van der Waals surface area contributed by atoms with Crippen LogP contribution in [-0.4, -0.2) is 35.8 Å². The minimum Gasteiger partial charge on any atom is -0.497 e. The van der Waals surface area contributed by atoms with Crippen LogP contribution in [0.4, 0.5) is 11.5 Å². The average molecular weight is 427 g/mol. The number of amides is 2. The number of hydrogen-bond acceptors (Lipinski definition) is 5. The summed E-state index contributed by atoms with van der Waals surface area (Å²) in [5.41, 5.74) is 1.95. The van der Waals surface area contributed by atoms with Crippen molar-refractivity contribution in [2.24, 2.45) is 0 Å². The number of benzene rings is 2. The summed E-state index contributed by atoms with van der Waals surface area (Å²) in [6.07, 6.45) is 1.59. The molecule has 0 unspecified atom stereocenters. The Morgan fingerprint density at radius 3 is 2.57 bits per heavy atom. The lowest BCUT2D eigenvalue weighted by Gasteiger charge is -2.25. The number of hydrogen-bond donors (Lipinski definition) is 2. The van der Waals surface area contributed by atoms with E-state index in [4.69, 9.17) is 21.1 Å². The van der Waals surface area contributed by atoms with E-state index in [0.717, 1.165) is 11.3 Å². The molecule has 3 aromatic rings. The Morgan fingerprint density at radius 1 is 1.17 bits per heavy atom. The van der Waals surface area contributed by atoms with E-state index in [9.17, 15) is 9.59 Å². The van der Waals surface area contributed by atoms with Gasteiger partial charge in [0.2, 0.25) is 11.8 Å². The fourth-order valence-electron chi connectivity index (χ4n) is 3.30. The third kappa shape index (κ3) is 3.69. The van der Waals surface area contributed by atoms with Gasteiger partial charge in [-0.25, -0.2) is 4.68 Å². The molecule has 2 amide bonds. The molecular weight excluding hydrogens is 408 g/mol. The zero-order valence-corrected chi connectivity index (χ0v) is 17.1. The summed E-state index contributed by atoms with van der Waals surface area (Å²) in [6, 6.07) is 11.5. The Bertz CT molecular complexity index is 1110. The molecule has 30 heavy (non-hydrogen) atoms. The van der Waals surface area contributed by atoms with Gasteiger partial charge >= 0.3 is 0 Å². The Balaban J connectivity index is 1.64. The van der Waals surface area contributed by atoms with Crippen LogP contribution in [-0.2, 0) is 9.59 Å². The van der Waals surface area contributed by atoms with Gasteiger partial charge < -0.3 is 20.1 Å².